The van der Waals surface area contributed by atoms with Crippen molar-refractivity contribution in [2.75, 3.05) is 26.4 Å². The molecule has 7 nitrogen and oxygen atoms in total. The van der Waals surface area contributed by atoms with Gasteiger partial charge in [0.15, 0.2) is 11.6 Å². The van der Waals surface area contributed by atoms with Crippen LogP contribution in [0.25, 0.3) is 0 Å². The predicted molar refractivity (Wildman–Crippen MR) is 121 cm³/mol. The molecular formula is C27H40O7. The molecule has 0 aromatic heterocycles. The van der Waals surface area contributed by atoms with Gasteiger partial charge in [-0.1, -0.05) is 13.8 Å². The molecule has 0 aromatic rings. The van der Waals surface area contributed by atoms with Gasteiger partial charge in [0.05, 0.1) is 32.5 Å². The summed E-state index contributed by atoms with van der Waals surface area (Å²) in [6, 6.07) is 0. The van der Waals surface area contributed by atoms with Crippen LogP contribution in [0.5, 0.6) is 0 Å². The highest BCUT2D eigenvalue weighted by Crippen LogP contribution is 2.76. The lowest BCUT2D eigenvalue weighted by Gasteiger charge is -2.62. The minimum Gasteiger partial charge on any atom is -0.462 e. The van der Waals surface area contributed by atoms with Crippen molar-refractivity contribution in [3.63, 3.8) is 0 Å². The Bertz CT molecular complexity index is 878. The van der Waals surface area contributed by atoms with Crippen molar-refractivity contribution < 1.29 is 33.2 Å². The van der Waals surface area contributed by atoms with Crippen molar-refractivity contribution in [2.45, 2.75) is 102 Å². The summed E-state index contributed by atoms with van der Waals surface area (Å²) in [4.78, 5) is 12.4. The van der Waals surface area contributed by atoms with Crippen molar-refractivity contribution in [3.8, 4) is 0 Å². The third-order valence-corrected chi connectivity index (χ3v) is 11.6. The van der Waals surface area contributed by atoms with Gasteiger partial charge in [-0.3, -0.25) is 4.79 Å². The van der Waals surface area contributed by atoms with Crippen LogP contribution >= 0.6 is 0 Å². The van der Waals surface area contributed by atoms with Crippen LogP contribution in [0.1, 0.15) is 72.6 Å². The van der Waals surface area contributed by atoms with Crippen molar-refractivity contribution in [1.82, 2.24) is 0 Å². The maximum Gasteiger partial charge on any atom is 0.302 e. The van der Waals surface area contributed by atoms with Gasteiger partial charge in [0.2, 0.25) is 0 Å². The van der Waals surface area contributed by atoms with Crippen LogP contribution in [0.4, 0.5) is 0 Å². The van der Waals surface area contributed by atoms with Crippen molar-refractivity contribution in [1.29, 1.82) is 0 Å². The molecule has 4 aliphatic carbocycles. The van der Waals surface area contributed by atoms with Gasteiger partial charge in [-0.05, 0) is 56.3 Å². The van der Waals surface area contributed by atoms with Crippen LogP contribution in [0.15, 0.2) is 0 Å². The summed E-state index contributed by atoms with van der Waals surface area (Å²) in [6.07, 6.45) is 7.02. The second kappa shape index (κ2) is 6.97. The van der Waals surface area contributed by atoms with E-state index in [-0.39, 0.29) is 34.6 Å². The summed E-state index contributed by atoms with van der Waals surface area (Å²) in [5, 5.41) is 0. The van der Waals surface area contributed by atoms with E-state index in [2.05, 4.69) is 20.8 Å². The normalized spacial score (nSPS) is 54.1. The van der Waals surface area contributed by atoms with Crippen LogP contribution in [0.2, 0.25) is 0 Å². The molecule has 3 aliphatic heterocycles. The average molecular weight is 477 g/mol. The molecule has 34 heavy (non-hydrogen) atoms. The summed E-state index contributed by atoms with van der Waals surface area (Å²) in [6.45, 7) is 11.2. The molecule has 4 saturated carbocycles. The molecular weight excluding hydrogens is 436 g/mol. The maximum atomic E-state index is 12.4. The highest BCUT2D eigenvalue weighted by atomic mass is 16.7. The fourth-order valence-electron chi connectivity index (χ4n) is 10.4. The highest BCUT2D eigenvalue weighted by Gasteiger charge is 2.80. The molecule has 2 spiro atoms. The number of epoxide rings is 1. The van der Waals surface area contributed by atoms with Crippen LogP contribution in [0, 0.1) is 34.5 Å². The molecule has 7 rings (SSSR count). The molecule has 3 saturated heterocycles. The average Bonchev–Trinajstić information content (AvgIpc) is 3.12. The summed E-state index contributed by atoms with van der Waals surface area (Å²) in [5.74, 6) is 0.446. The molecule has 3 heterocycles. The number of fused-ring (bicyclic) bond motifs is 4. The number of hydrogen-bond donors (Lipinski definition) is 0. The lowest BCUT2D eigenvalue weighted by molar-refractivity contribution is -0.252. The van der Waals surface area contributed by atoms with Crippen LogP contribution in [-0.2, 0) is 33.2 Å². The van der Waals surface area contributed by atoms with Crippen LogP contribution in [-0.4, -0.2) is 61.8 Å². The summed E-state index contributed by atoms with van der Waals surface area (Å²) >= 11 is 0. The Balaban J connectivity index is 1.26. The number of ether oxygens (including phenoxy) is 6. The molecule has 0 aromatic carbocycles. The number of carbonyl (C=O) groups is 1. The van der Waals surface area contributed by atoms with Gasteiger partial charge in [0.25, 0.3) is 0 Å². The van der Waals surface area contributed by atoms with Crippen molar-refractivity contribution in [3.05, 3.63) is 0 Å². The van der Waals surface area contributed by atoms with E-state index in [4.69, 9.17) is 28.4 Å². The van der Waals surface area contributed by atoms with Crippen molar-refractivity contribution in [2.24, 2.45) is 34.5 Å². The first-order chi connectivity index (χ1) is 16.1. The van der Waals surface area contributed by atoms with E-state index in [0.29, 0.717) is 50.1 Å². The highest BCUT2D eigenvalue weighted by molar-refractivity contribution is 5.66. The van der Waals surface area contributed by atoms with E-state index >= 15 is 0 Å². The standard InChI is InChI=1S/C27H40O7/c1-16(28)33-19-14-23(2)18(5-6-20(23)25(4)29-9-10-30-25)17-13-21-27(34-21)15-26(31-11-12-32-26)8-7-24(27,3)22(17)19/h17-22H,5-15H2,1-4H3/t17-,18-,19+,20-,21+,22+,23-,24+,27+/m0/s1. The van der Waals surface area contributed by atoms with Crippen LogP contribution < -0.4 is 0 Å². The van der Waals surface area contributed by atoms with E-state index in [1.165, 1.54) is 6.42 Å². The fraction of sp³-hybridized carbons (Fsp3) is 0.963. The third kappa shape index (κ3) is 2.74. The number of esters is 1. The number of carbonyl (C=O) groups excluding carboxylic acids is 1. The summed E-state index contributed by atoms with van der Waals surface area (Å²) in [7, 11) is 0. The monoisotopic (exact) mass is 476 g/mol. The first kappa shape index (κ1) is 22.5. The van der Waals surface area contributed by atoms with Gasteiger partial charge in [0, 0.05) is 37.0 Å². The molecule has 0 bridgehead atoms. The van der Waals surface area contributed by atoms with E-state index in [1.807, 2.05) is 0 Å². The zero-order valence-electron chi connectivity index (χ0n) is 21.1. The predicted octanol–water partition coefficient (Wildman–Crippen LogP) is 3.82. The Kier molecular flexibility index (Phi) is 4.61. The molecule has 0 amide bonds. The fourth-order valence-corrected chi connectivity index (χ4v) is 10.4. The van der Waals surface area contributed by atoms with E-state index in [1.54, 1.807) is 6.92 Å². The molecule has 0 N–H and O–H groups in total. The van der Waals surface area contributed by atoms with Crippen molar-refractivity contribution >= 4 is 5.97 Å². The molecule has 0 unspecified atom stereocenters. The molecule has 7 heteroatoms. The second-order valence-electron chi connectivity index (χ2n) is 12.9. The topological polar surface area (TPSA) is 75.8 Å². The second-order valence-corrected chi connectivity index (χ2v) is 12.9. The third-order valence-electron chi connectivity index (χ3n) is 11.6. The minimum absolute atomic E-state index is 0.0131. The molecule has 0 radical (unpaired) electrons. The molecule has 7 aliphatic rings. The Labute approximate surface area is 202 Å². The Morgan fingerprint density at radius 1 is 0.941 bits per heavy atom. The van der Waals surface area contributed by atoms with Crippen LogP contribution in [0.3, 0.4) is 0 Å². The summed E-state index contributed by atoms with van der Waals surface area (Å²) in [5.41, 5.74) is -0.255. The Hall–Kier alpha value is -0.730. The van der Waals surface area contributed by atoms with Gasteiger partial charge >= 0.3 is 5.97 Å². The molecule has 9 atom stereocenters. The SMILES string of the molecule is CC(=O)O[C@@H]1C[C@]2(C)[C@@H](C3(C)OCCO3)CC[C@H]2[C@@H]2C[C@H]3O[C@]34CC3(CC[C@]4(C)[C@H]21)OCCO3. The molecule has 7 fully saturated rings. The largest absolute Gasteiger partial charge is 0.462 e. The number of rotatable bonds is 2. The first-order valence-electron chi connectivity index (χ1n) is 13.6. The number of hydrogen-bond acceptors (Lipinski definition) is 7. The quantitative estimate of drug-likeness (QED) is 0.443. The smallest absolute Gasteiger partial charge is 0.302 e. The lowest BCUT2D eigenvalue weighted by Crippen LogP contribution is -2.65. The van der Waals surface area contributed by atoms with E-state index < -0.39 is 11.6 Å². The first-order valence-corrected chi connectivity index (χ1v) is 13.6. The van der Waals surface area contributed by atoms with Gasteiger partial charge in [-0.15, -0.1) is 0 Å². The van der Waals surface area contributed by atoms with Gasteiger partial charge in [-0.25, -0.2) is 0 Å². The van der Waals surface area contributed by atoms with Gasteiger partial charge in [-0.2, -0.15) is 0 Å². The maximum absolute atomic E-state index is 12.4. The van der Waals surface area contributed by atoms with Gasteiger partial charge < -0.3 is 28.4 Å². The summed E-state index contributed by atoms with van der Waals surface area (Å²) < 4.78 is 37.6. The minimum atomic E-state index is -0.538. The zero-order valence-corrected chi connectivity index (χ0v) is 21.1. The zero-order chi connectivity index (χ0) is 23.6. The molecule has 190 valence electrons. The van der Waals surface area contributed by atoms with E-state index in [0.717, 1.165) is 38.5 Å². The Morgan fingerprint density at radius 2 is 1.65 bits per heavy atom. The van der Waals surface area contributed by atoms with E-state index in [9.17, 15) is 4.79 Å². The van der Waals surface area contributed by atoms with Gasteiger partial charge in [0.1, 0.15) is 11.7 Å². The Morgan fingerprint density at radius 3 is 2.35 bits per heavy atom. The lowest BCUT2D eigenvalue weighted by atomic mass is 9.43.